The van der Waals surface area contributed by atoms with Crippen molar-refractivity contribution >= 4 is 23.2 Å². The predicted octanol–water partition coefficient (Wildman–Crippen LogP) is 3.48. The quantitative estimate of drug-likeness (QED) is 0.549. The Balaban J connectivity index is 1.18. The van der Waals surface area contributed by atoms with Crippen LogP contribution in [0.15, 0.2) is 42.5 Å². The van der Waals surface area contributed by atoms with Crippen LogP contribution in [0.1, 0.15) is 37.7 Å². The lowest BCUT2D eigenvalue weighted by molar-refractivity contribution is -0.136. The Morgan fingerprint density at radius 3 is 2.39 bits per heavy atom. The highest BCUT2D eigenvalue weighted by Gasteiger charge is 2.17. The van der Waals surface area contributed by atoms with Crippen LogP contribution >= 0.6 is 0 Å². The fourth-order valence-corrected chi connectivity index (χ4v) is 3.94. The molecule has 0 aliphatic carbocycles. The molecule has 7 heteroatoms. The molecule has 2 heterocycles. The predicted molar refractivity (Wildman–Crippen MR) is 120 cm³/mol. The van der Waals surface area contributed by atoms with E-state index in [9.17, 15) is 9.59 Å². The van der Waals surface area contributed by atoms with Crippen LogP contribution in [0.2, 0.25) is 0 Å². The highest BCUT2D eigenvalue weighted by atomic mass is 16.7. The molecule has 0 saturated carbocycles. The van der Waals surface area contributed by atoms with Gasteiger partial charge in [-0.3, -0.25) is 9.59 Å². The molecule has 2 N–H and O–H groups in total. The monoisotopic (exact) mass is 423 g/mol. The van der Waals surface area contributed by atoms with Crippen LogP contribution in [0.4, 0.5) is 11.4 Å². The third-order valence-electron chi connectivity index (χ3n) is 5.67. The average molecular weight is 424 g/mol. The van der Waals surface area contributed by atoms with Crippen molar-refractivity contribution in [2.24, 2.45) is 0 Å². The molecule has 2 aliphatic rings. The van der Waals surface area contributed by atoms with E-state index in [1.165, 1.54) is 36.9 Å². The molecule has 2 amide bonds. The van der Waals surface area contributed by atoms with Crippen molar-refractivity contribution in [1.29, 1.82) is 0 Å². The number of carbonyl (C=O) groups excluding carboxylic acids is 2. The second-order valence-corrected chi connectivity index (χ2v) is 7.95. The zero-order chi connectivity index (χ0) is 21.5. The Morgan fingerprint density at radius 1 is 0.871 bits per heavy atom. The second kappa shape index (κ2) is 10.2. The molecule has 164 valence electrons. The first kappa shape index (κ1) is 21.0. The molecule has 0 spiro atoms. The molecule has 0 unspecified atom stereocenters. The molecule has 0 aromatic heterocycles. The zero-order valence-electron chi connectivity index (χ0n) is 17.7. The number of nitrogens with zero attached hydrogens (tertiary/aromatic N) is 1. The van der Waals surface area contributed by atoms with Gasteiger partial charge >= 0.3 is 11.8 Å². The van der Waals surface area contributed by atoms with Crippen molar-refractivity contribution in [2.75, 3.05) is 36.6 Å². The third-order valence-corrected chi connectivity index (χ3v) is 5.67. The van der Waals surface area contributed by atoms with Crippen molar-refractivity contribution < 1.29 is 19.1 Å². The minimum absolute atomic E-state index is 0.161. The maximum Gasteiger partial charge on any atom is 0.313 e. The molecule has 2 aliphatic heterocycles. The molecular formula is C24H29N3O4. The number of aryl methyl sites for hydroxylation is 1. The van der Waals surface area contributed by atoms with Gasteiger partial charge in [0, 0.05) is 37.1 Å². The average Bonchev–Trinajstić information content (AvgIpc) is 3.08. The topological polar surface area (TPSA) is 79.9 Å². The van der Waals surface area contributed by atoms with Crippen LogP contribution in [0, 0.1) is 0 Å². The maximum atomic E-state index is 12.1. The van der Waals surface area contributed by atoms with E-state index in [4.69, 9.17) is 9.47 Å². The minimum Gasteiger partial charge on any atom is -0.454 e. The lowest BCUT2D eigenvalue weighted by Crippen LogP contribution is -2.36. The number of hydrogen-bond donors (Lipinski definition) is 2. The van der Waals surface area contributed by atoms with E-state index in [0.29, 0.717) is 23.7 Å². The Labute approximate surface area is 182 Å². The van der Waals surface area contributed by atoms with Gasteiger partial charge in [-0.15, -0.1) is 0 Å². The fraction of sp³-hybridized carbons (Fsp3) is 0.417. The van der Waals surface area contributed by atoms with Gasteiger partial charge in [0.15, 0.2) is 11.5 Å². The summed E-state index contributed by atoms with van der Waals surface area (Å²) in [5.74, 6) is -0.156. The van der Waals surface area contributed by atoms with Crippen LogP contribution in [0.5, 0.6) is 11.5 Å². The highest BCUT2D eigenvalue weighted by Crippen LogP contribution is 2.34. The molecule has 2 aromatic rings. The van der Waals surface area contributed by atoms with Gasteiger partial charge in [-0.25, -0.2) is 0 Å². The molecule has 7 nitrogen and oxygen atoms in total. The molecule has 2 aromatic carbocycles. The standard InChI is InChI=1S/C24H29N3O4/c28-23(24(29)26-19-9-12-21-22(16-19)31-17-30-21)25-13-5-6-18-7-10-20(11-8-18)27-14-3-1-2-4-15-27/h7-12,16H,1-6,13-15,17H2,(H,25,28)(H,26,29). The lowest BCUT2D eigenvalue weighted by Gasteiger charge is -2.22. The number of fused-ring (bicyclic) bond motifs is 1. The van der Waals surface area contributed by atoms with Gasteiger partial charge in [0.05, 0.1) is 0 Å². The van der Waals surface area contributed by atoms with Crippen LogP contribution < -0.4 is 25.0 Å². The number of carbonyl (C=O) groups is 2. The Bertz CT molecular complexity index is 906. The molecule has 1 saturated heterocycles. The largest absolute Gasteiger partial charge is 0.454 e. The summed E-state index contributed by atoms with van der Waals surface area (Å²) >= 11 is 0. The minimum atomic E-state index is -0.694. The van der Waals surface area contributed by atoms with Gasteiger partial charge in [0.2, 0.25) is 6.79 Å². The number of ether oxygens (including phenoxy) is 2. The second-order valence-electron chi connectivity index (χ2n) is 7.95. The highest BCUT2D eigenvalue weighted by molar-refractivity contribution is 6.39. The number of hydrogen-bond acceptors (Lipinski definition) is 5. The maximum absolute atomic E-state index is 12.1. The van der Waals surface area contributed by atoms with E-state index in [0.717, 1.165) is 25.9 Å². The fourth-order valence-electron chi connectivity index (χ4n) is 3.94. The summed E-state index contributed by atoms with van der Waals surface area (Å²) < 4.78 is 10.5. The molecule has 4 rings (SSSR count). The van der Waals surface area contributed by atoms with Gasteiger partial charge < -0.3 is 25.0 Å². The van der Waals surface area contributed by atoms with Gasteiger partial charge in [-0.2, -0.15) is 0 Å². The van der Waals surface area contributed by atoms with Gasteiger partial charge in [0.25, 0.3) is 0 Å². The third kappa shape index (κ3) is 5.69. The summed E-state index contributed by atoms with van der Waals surface area (Å²) in [5, 5.41) is 5.26. The Hall–Kier alpha value is -3.22. The van der Waals surface area contributed by atoms with Crippen molar-refractivity contribution in [1.82, 2.24) is 5.32 Å². The van der Waals surface area contributed by atoms with E-state index in [2.05, 4.69) is 39.8 Å². The normalized spacial score (nSPS) is 15.3. The summed E-state index contributed by atoms with van der Waals surface area (Å²) in [6.07, 6.45) is 6.81. The molecule has 1 fully saturated rings. The van der Waals surface area contributed by atoms with Gasteiger partial charge in [-0.05, 0) is 55.5 Å². The molecule has 0 radical (unpaired) electrons. The lowest BCUT2D eigenvalue weighted by atomic mass is 10.1. The Kier molecular flexibility index (Phi) is 6.92. The number of benzene rings is 2. The first-order chi connectivity index (χ1) is 15.2. The zero-order valence-corrected chi connectivity index (χ0v) is 17.7. The van der Waals surface area contributed by atoms with Crippen LogP contribution in [0.3, 0.4) is 0 Å². The smallest absolute Gasteiger partial charge is 0.313 e. The van der Waals surface area contributed by atoms with E-state index in [1.807, 2.05) is 0 Å². The van der Waals surface area contributed by atoms with Crippen LogP contribution in [0.25, 0.3) is 0 Å². The molecule has 31 heavy (non-hydrogen) atoms. The summed E-state index contributed by atoms with van der Waals surface area (Å²) in [6.45, 7) is 2.88. The van der Waals surface area contributed by atoms with Crippen molar-refractivity contribution in [3.05, 3.63) is 48.0 Å². The van der Waals surface area contributed by atoms with E-state index >= 15 is 0 Å². The van der Waals surface area contributed by atoms with Crippen LogP contribution in [-0.4, -0.2) is 38.2 Å². The number of anilines is 2. The summed E-state index contributed by atoms with van der Waals surface area (Å²) in [5.41, 5.74) is 3.02. The molecule has 0 atom stereocenters. The van der Waals surface area contributed by atoms with E-state index in [1.54, 1.807) is 18.2 Å². The van der Waals surface area contributed by atoms with E-state index < -0.39 is 11.8 Å². The van der Waals surface area contributed by atoms with Crippen molar-refractivity contribution in [3.63, 3.8) is 0 Å². The molecular weight excluding hydrogens is 394 g/mol. The van der Waals surface area contributed by atoms with Crippen LogP contribution in [-0.2, 0) is 16.0 Å². The van der Waals surface area contributed by atoms with Gasteiger partial charge in [-0.1, -0.05) is 25.0 Å². The summed E-state index contributed by atoms with van der Waals surface area (Å²) in [6, 6.07) is 13.7. The number of nitrogens with one attached hydrogen (secondary N) is 2. The van der Waals surface area contributed by atoms with Gasteiger partial charge in [0.1, 0.15) is 0 Å². The first-order valence-corrected chi connectivity index (χ1v) is 11.0. The SMILES string of the molecule is O=C(NCCCc1ccc(N2CCCCCC2)cc1)C(=O)Nc1ccc2c(c1)OCO2. The summed E-state index contributed by atoms with van der Waals surface area (Å²) in [7, 11) is 0. The molecule has 0 bridgehead atoms. The first-order valence-electron chi connectivity index (χ1n) is 11.0. The van der Waals surface area contributed by atoms with Crippen molar-refractivity contribution in [3.8, 4) is 11.5 Å². The van der Waals surface area contributed by atoms with Crippen molar-refractivity contribution in [2.45, 2.75) is 38.5 Å². The van der Waals surface area contributed by atoms with E-state index in [-0.39, 0.29) is 6.79 Å². The summed E-state index contributed by atoms with van der Waals surface area (Å²) in [4.78, 5) is 26.6. The Morgan fingerprint density at radius 2 is 1.61 bits per heavy atom. The number of amides is 2. The number of rotatable bonds is 6.